The Balaban J connectivity index is 0.000000180. The lowest BCUT2D eigenvalue weighted by Crippen LogP contribution is -1.75. The van der Waals surface area contributed by atoms with Crippen molar-refractivity contribution in [3.8, 4) is 0 Å². The smallest absolute Gasteiger partial charge is 0.150 e. The van der Waals surface area contributed by atoms with Crippen molar-refractivity contribution in [1.29, 1.82) is 0 Å². The van der Waals surface area contributed by atoms with E-state index in [-0.39, 0.29) is 0 Å². The molecule has 2 nitrogen and oxygen atoms in total. The van der Waals surface area contributed by atoms with Crippen LogP contribution < -0.4 is 0 Å². The number of hydrogen-bond donors (Lipinski definition) is 0. The summed E-state index contributed by atoms with van der Waals surface area (Å²) in [6.45, 7) is 0. The standard InChI is InChI=1S/C7H5BrO.C7H5ClO/c2*8-7-3-1-6(5-9)2-4-7/h2*1-5H. The van der Waals surface area contributed by atoms with E-state index in [0.29, 0.717) is 16.1 Å². The molecule has 18 heavy (non-hydrogen) atoms. The van der Waals surface area contributed by atoms with Gasteiger partial charge in [0.05, 0.1) is 0 Å². The number of carbonyl (C=O) groups excluding carboxylic acids is 2. The molecule has 0 radical (unpaired) electrons. The molecule has 92 valence electrons. The largest absolute Gasteiger partial charge is 0.298 e. The predicted octanol–water partition coefficient (Wildman–Crippen LogP) is 4.41. The van der Waals surface area contributed by atoms with Crippen molar-refractivity contribution in [2.45, 2.75) is 0 Å². The van der Waals surface area contributed by atoms with E-state index in [1.54, 1.807) is 36.4 Å². The van der Waals surface area contributed by atoms with E-state index in [4.69, 9.17) is 11.6 Å². The Morgan fingerprint density at radius 1 is 0.778 bits per heavy atom. The lowest BCUT2D eigenvalue weighted by Gasteiger charge is -1.87. The quantitative estimate of drug-likeness (QED) is 0.766. The maximum absolute atomic E-state index is 10.1. The van der Waals surface area contributed by atoms with Gasteiger partial charge in [0.2, 0.25) is 0 Å². The van der Waals surface area contributed by atoms with Crippen LogP contribution in [0, 0.1) is 0 Å². The van der Waals surface area contributed by atoms with E-state index < -0.39 is 0 Å². The van der Waals surface area contributed by atoms with Crippen LogP contribution in [0.5, 0.6) is 0 Å². The topological polar surface area (TPSA) is 34.1 Å². The zero-order valence-corrected chi connectivity index (χ0v) is 11.7. The van der Waals surface area contributed by atoms with Crippen LogP contribution in [0.25, 0.3) is 0 Å². The van der Waals surface area contributed by atoms with Crippen LogP contribution in [0.2, 0.25) is 5.02 Å². The van der Waals surface area contributed by atoms with Gasteiger partial charge in [-0.15, -0.1) is 0 Å². The van der Waals surface area contributed by atoms with Gasteiger partial charge >= 0.3 is 0 Å². The maximum atomic E-state index is 10.1. The van der Waals surface area contributed by atoms with Crippen molar-refractivity contribution >= 4 is 40.1 Å². The highest BCUT2D eigenvalue weighted by molar-refractivity contribution is 9.10. The summed E-state index contributed by atoms with van der Waals surface area (Å²) in [7, 11) is 0. The Hall–Kier alpha value is -1.45. The Kier molecular flexibility index (Phi) is 6.33. The molecule has 0 heterocycles. The van der Waals surface area contributed by atoms with Gasteiger partial charge in [-0.1, -0.05) is 51.8 Å². The molecule has 0 unspecified atom stereocenters. The van der Waals surface area contributed by atoms with Crippen LogP contribution in [0.3, 0.4) is 0 Å². The normalized spacial score (nSPS) is 9.00. The number of rotatable bonds is 2. The Bertz CT molecular complexity index is 457. The maximum Gasteiger partial charge on any atom is 0.150 e. The molecule has 2 aromatic rings. The summed E-state index contributed by atoms with van der Waals surface area (Å²) >= 11 is 8.81. The molecule has 0 aliphatic heterocycles. The molecule has 0 spiro atoms. The Morgan fingerprint density at radius 2 is 1.17 bits per heavy atom. The number of hydrogen-bond acceptors (Lipinski definition) is 2. The summed E-state index contributed by atoms with van der Waals surface area (Å²) in [5.41, 5.74) is 1.36. The first-order chi connectivity index (χ1) is 8.65. The van der Waals surface area contributed by atoms with E-state index in [1.165, 1.54) is 0 Å². The minimum absolute atomic E-state index is 0.652. The second-order valence-electron chi connectivity index (χ2n) is 3.34. The van der Waals surface area contributed by atoms with E-state index >= 15 is 0 Å². The fourth-order valence-electron chi connectivity index (χ4n) is 1.08. The SMILES string of the molecule is O=Cc1ccc(Br)cc1.O=Cc1ccc(Cl)cc1. The summed E-state index contributed by atoms with van der Waals surface area (Å²) in [6.07, 6.45) is 1.61. The Morgan fingerprint density at radius 3 is 1.56 bits per heavy atom. The lowest BCUT2D eigenvalue weighted by molar-refractivity contribution is 0.111. The van der Waals surface area contributed by atoms with Crippen LogP contribution in [0.4, 0.5) is 0 Å². The van der Waals surface area contributed by atoms with Crippen LogP contribution >= 0.6 is 27.5 Å². The van der Waals surface area contributed by atoms with E-state index in [0.717, 1.165) is 17.0 Å². The van der Waals surface area contributed by atoms with Gasteiger partial charge in [-0.25, -0.2) is 0 Å². The van der Waals surface area contributed by atoms with Gasteiger partial charge in [0, 0.05) is 20.6 Å². The first-order valence-electron chi connectivity index (χ1n) is 5.07. The third-order valence-electron chi connectivity index (χ3n) is 2.01. The molecule has 0 aliphatic rings. The zero-order chi connectivity index (χ0) is 13.4. The number of aldehydes is 2. The van der Waals surface area contributed by atoms with Gasteiger partial charge in [0.25, 0.3) is 0 Å². The zero-order valence-electron chi connectivity index (χ0n) is 9.35. The molecule has 0 amide bonds. The van der Waals surface area contributed by atoms with Crippen molar-refractivity contribution < 1.29 is 9.59 Å². The van der Waals surface area contributed by atoms with Crippen molar-refractivity contribution in [3.63, 3.8) is 0 Å². The average molecular weight is 326 g/mol. The average Bonchev–Trinajstić information content (AvgIpc) is 2.41. The molecule has 2 aromatic carbocycles. The minimum Gasteiger partial charge on any atom is -0.298 e. The third-order valence-corrected chi connectivity index (χ3v) is 2.79. The minimum atomic E-state index is 0.652. The molecular formula is C14H10BrClO2. The molecule has 0 saturated carbocycles. The molecule has 0 aliphatic carbocycles. The fourth-order valence-corrected chi connectivity index (χ4v) is 1.47. The fraction of sp³-hybridized carbons (Fsp3) is 0. The van der Waals surface area contributed by atoms with Gasteiger partial charge in [0.1, 0.15) is 12.6 Å². The van der Waals surface area contributed by atoms with Gasteiger partial charge in [-0.05, 0) is 24.3 Å². The van der Waals surface area contributed by atoms with Crippen molar-refractivity contribution in [3.05, 3.63) is 69.2 Å². The van der Waals surface area contributed by atoms with Crippen molar-refractivity contribution in [2.75, 3.05) is 0 Å². The molecule has 4 heteroatoms. The molecular weight excluding hydrogens is 316 g/mol. The molecule has 0 fully saturated rings. The molecule has 0 saturated heterocycles. The van der Waals surface area contributed by atoms with Gasteiger partial charge < -0.3 is 0 Å². The third kappa shape index (κ3) is 5.25. The van der Waals surface area contributed by atoms with Crippen molar-refractivity contribution in [2.24, 2.45) is 0 Å². The highest BCUT2D eigenvalue weighted by Crippen LogP contribution is 2.08. The van der Waals surface area contributed by atoms with Crippen molar-refractivity contribution in [1.82, 2.24) is 0 Å². The summed E-state index contributed by atoms with van der Waals surface area (Å²) < 4.78 is 0.994. The second-order valence-corrected chi connectivity index (χ2v) is 4.69. The first-order valence-corrected chi connectivity index (χ1v) is 6.24. The summed E-state index contributed by atoms with van der Waals surface area (Å²) in [4.78, 5) is 20.2. The summed E-state index contributed by atoms with van der Waals surface area (Å²) in [6, 6.07) is 13.9. The first kappa shape index (κ1) is 14.6. The monoisotopic (exact) mass is 324 g/mol. The van der Waals surface area contributed by atoms with E-state index in [2.05, 4.69) is 15.9 Å². The van der Waals surface area contributed by atoms with E-state index in [1.807, 2.05) is 12.1 Å². The van der Waals surface area contributed by atoms with Gasteiger partial charge in [-0.2, -0.15) is 0 Å². The number of halogens is 2. The molecule has 0 N–H and O–H groups in total. The van der Waals surface area contributed by atoms with Crippen LogP contribution in [-0.2, 0) is 0 Å². The van der Waals surface area contributed by atoms with Gasteiger partial charge in [-0.3, -0.25) is 9.59 Å². The second kappa shape index (κ2) is 7.80. The molecule has 2 rings (SSSR count). The number of carbonyl (C=O) groups is 2. The number of benzene rings is 2. The van der Waals surface area contributed by atoms with Crippen LogP contribution in [-0.4, -0.2) is 12.6 Å². The van der Waals surface area contributed by atoms with Gasteiger partial charge in [0.15, 0.2) is 0 Å². The molecule has 0 atom stereocenters. The van der Waals surface area contributed by atoms with E-state index in [9.17, 15) is 9.59 Å². The molecule has 0 aromatic heterocycles. The predicted molar refractivity (Wildman–Crippen MR) is 76.4 cm³/mol. The highest BCUT2D eigenvalue weighted by atomic mass is 79.9. The Labute approximate surface area is 119 Å². The molecule has 0 bridgehead atoms. The summed E-state index contributed by atoms with van der Waals surface area (Å²) in [5.74, 6) is 0. The highest BCUT2D eigenvalue weighted by Gasteiger charge is 1.87. The van der Waals surface area contributed by atoms with Crippen LogP contribution in [0.1, 0.15) is 20.7 Å². The lowest BCUT2D eigenvalue weighted by atomic mass is 10.2. The van der Waals surface area contributed by atoms with Crippen LogP contribution in [0.15, 0.2) is 53.0 Å². The summed E-state index contributed by atoms with van der Waals surface area (Å²) in [5, 5.41) is 0.653.